The Labute approximate surface area is 113 Å². The van der Waals surface area contributed by atoms with Crippen molar-refractivity contribution >= 4 is 11.6 Å². The van der Waals surface area contributed by atoms with E-state index in [1.165, 1.54) is 5.69 Å². The third kappa shape index (κ3) is 3.34. The lowest BCUT2D eigenvalue weighted by Crippen LogP contribution is -2.23. The quantitative estimate of drug-likeness (QED) is 0.899. The third-order valence-corrected chi connectivity index (χ3v) is 3.15. The van der Waals surface area contributed by atoms with Gasteiger partial charge in [-0.3, -0.25) is 4.98 Å². The first-order chi connectivity index (χ1) is 8.66. The summed E-state index contributed by atoms with van der Waals surface area (Å²) in [5, 5.41) is 4.14. The Morgan fingerprint density at radius 1 is 1.39 bits per heavy atom. The highest BCUT2D eigenvalue weighted by Crippen LogP contribution is 2.16. The molecule has 0 amide bonds. The van der Waals surface area contributed by atoms with Crippen LogP contribution in [-0.4, -0.2) is 15.6 Å². The predicted molar refractivity (Wildman–Crippen MR) is 74.8 cm³/mol. The molecular formula is C14H18ClN3. The van der Waals surface area contributed by atoms with E-state index >= 15 is 0 Å². The van der Waals surface area contributed by atoms with Crippen molar-refractivity contribution in [1.82, 2.24) is 14.9 Å². The number of hydrogen-bond acceptors (Lipinski definition) is 2. The number of halogens is 1. The van der Waals surface area contributed by atoms with Gasteiger partial charge in [-0.25, -0.2) is 0 Å². The normalized spacial score (nSPS) is 11.1. The SMILES string of the molecule is CC(C)NCc1cccn1Cc1ccncc1Cl. The molecule has 0 saturated carbocycles. The maximum absolute atomic E-state index is 6.13. The molecule has 0 bridgehead atoms. The molecule has 2 aromatic rings. The van der Waals surface area contributed by atoms with Gasteiger partial charge in [-0.05, 0) is 23.8 Å². The van der Waals surface area contributed by atoms with Crippen LogP contribution >= 0.6 is 11.6 Å². The maximum Gasteiger partial charge on any atom is 0.0639 e. The molecule has 0 aromatic carbocycles. The highest BCUT2D eigenvalue weighted by Gasteiger charge is 2.05. The highest BCUT2D eigenvalue weighted by molar-refractivity contribution is 6.31. The molecule has 0 aliphatic rings. The van der Waals surface area contributed by atoms with Crippen molar-refractivity contribution < 1.29 is 0 Å². The maximum atomic E-state index is 6.13. The lowest BCUT2D eigenvalue weighted by Gasteiger charge is -2.12. The van der Waals surface area contributed by atoms with Crippen molar-refractivity contribution in [3.05, 3.63) is 53.1 Å². The Balaban J connectivity index is 2.10. The summed E-state index contributed by atoms with van der Waals surface area (Å²) < 4.78 is 2.20. The van der Waals surface area contributed by atoms with E-state index in [0.717, 1.165) is 18.7 Å². The number of hydrogen-bond donors (Lipinski definition) is 1. The van der Waals surface area contributed by atoms with Crippen molar-refractivity contribution in [2.24, 2.45) is 0 Å². The van der Waals surface area contributed by atoms with E-state index in [2.05, 4.69) is 47.0 Å². The molecule has 4 heteroatoms. The standard InChI is InChI=1S/C14H18ClN3/c1-11(2)17-8-13-4-3-7-18(13)10-12-5-6-16-9-14(12)15/h3-7,9,11,17H,8,10H2,1-2H3. The van der Waals surface area contributed by atoms with Crippen LogP contribution in [0.1, 0.15) is 25.1 Å². The molecule has 1 N–H and O–H groups in total. The fourth-order valence-corrected chi connectivity index (χ4v) is 1.97. The first-order valence-corrected chi connectivity index (χ1v) is 6.50. The number of pyridine rings is 1. The molecule has 96 valence electrons. The number of aromatic nitrogens is 2. The van der Waals surface area contributed by atoms with Gasteiger partial charge in [0.05, 0.1) is 5.02 Å². The second-order valence-corrected chi connectivity index (χ2v) is 5.04. The minimum atomic E-state index is 0.484. The molecule has 0 unspecified atom stereocenters. The van der Waals surface area contributed by atoms with E-state index in [-0.39, 0.29) is 0 Å². The summed E-state index contributed by atoms with van der Waals surface area (Å²) in [6.07, 6.45) is 5.54. The fourth-order valence-electron chi connectivity index (χ4n) is 1.79. The van der Waals surface area contributed by atoms with Crippen LogP contribution in [0.15, 0.2) is 36.8 Å². The molecule has 2 aromatic heterocycles. The van der Waals surface area contributed by atoms with Crippen LogP contribution in [0.25, 0.3) is 0 Å². The second kappa shape index (κ2) is 6.03. The molecule has 2 heterocycles. The van der Waals surface area contributed by atoms with Crippen LogP contribution in [0.5, 0.6) is 0 Å². The Morgan fingerprint density at radius 3 is 2.94 bits per heavy atom. The minimum Gasteiger partial charge on any atom is -0.346 e. The van der Waals surface area contributed by atoms with Gasteiger partial charge in [0.25, 0.3) is 0 Å². The zero-order chi connectivity index (χ0) is 13.0. The zero-order valence-corrected chi connectivity index (χ0v) is 11.5. The fraction of sp³-hybridized carbons (Fsp3) is 0.357. The molecule has 0 saturated heterocycles. The second-order valence-electron chi connectivity index (χ2n) is 4.63. The summed E-state index contributed by atoms with van der Waals surface area (Å²) in [5.74, 6) is 0. The summed E-state index contributed by atoms with van der Waals surface area (Å²) in [5.41, 5.74) is 2.35. The summed E-state index contributed by atoms with van der Waals surface area (Å²) in [4.78, 5) is 4.00. The van der Waals surface area contributed by atoms with Gasteiger partial charge in [0.15, 0.2) is 0 Å². The Bertz CT molecular complexity index is 505. The Morgan fingerprint density at radius 2 is 2.22 bits per heavy atom. The number of nitrogens with zero attached hydrogens (tertiary/aromatic N) is 2. The summed E-state index contributed by atoms with van der Waals surface area (Å²) in [7, 11) is 0. The smallest absolute Gasteiger partial charge is 0.0639 e. The molecular weight excluding hydrogens is 246 g/mol. The third-order valence-electron chi connectivity index (χ3n) is 2.81. The van der Waals surface area contributed by atoms with Crippen LogP contribution in [0.2, 0.25) is 5.02 Å². The van der Waals surface area contributed by atoms with Crippen molar-refractivity contribution in [3.8, 4) is 0 Å². The van der Waals surface area contributed by atoms with Gasteiger partial charge in [-0.15, -0.1) is 0 Å². The van der Waals surface area contributed by atoms with Gasteiger partial charge >= 0.3 is 0 Å². The molecule has 0 aliphatic carbocycles. The Kier molecular flexibility index (Phi) is 4.39. The highest BCUT2D eigenvalue weighted by atomic mass is 35.5. The van der Waals surface area contributed by atoms with Crippen LogP contribution < -0.4 is 5.32 Å². The monoisotopic (exact) mass is 263 g/mol. The predicted octanol–water partition coefficient (Wildman–Crippen LogP) is 3.08. The lowest BCUT2D eigenvalue weighted by atomic mass is 10.2. The molecule has 0 spiro atoms. The molecule has 18 heavy (non-hydrogen) atoms. The summed E-state index contributed by atoms with van der Waals surface area (Å²) in [6.45, 7) is 5.94. The van der Waals surface area contributed by atoms with Crippen molar-refractivity contribution in [3.63, 3.8) is 0 Å². The molecule has 2 rings (SSSR count). The molecule has 0 aliphatic heterocycles. The van der Waals surface area contributed by atoms with Crippen molar-refractivity contribution in [1.29, 1.82) is 0 Å². The summed E-state index contributed by atoms with van der Waals surface area (Å²) >= 11 is 6.13. The van der Waals surface area contributed by atoms with Crippen LogP contribution in [0, 0.1) is 0 Å². The average molecular weight is 264 g/mol. The largest absolute Gasteiger partial charge is 0.346 e. The van der Waals surface area contributed by atoms with Gasteiger partial charge in [0, 0.05) is 43.4 Å². The zero-order valence-electron chi connectivity index (χ0n) is 10.7. The van der Waals surface area contributed by atoms with Gasteiger partial charge in [0.2, 0.25) is 0 Å². The topological polar surface area (TPSA) is 29.9 Å². The van der Waals surface area contributed by atoms with Gasteiger partial charge in [-0.1, -0.05) is 25.4 Å². The van der Waals surface area contributed by atoms with E-state index in [1.807, 2.05) is 6.07 Å². The van der Waals surface area contributed by atoms with Crippen LogP contribution in [0.4, 0.5) is 0 Å². The van der Waals surface area contributed by atoms with E-state index in [9.17, 15) is 0 Å². The van der Waals surface area contributed by atoms with Gasteiger partial charge < -0.3 is 9.88 Å². The van der Waals surface area contributed by atoms with E-state index in [4.69, 9.17) is 11.6 Å². The average Bonchev–Trinajstić information content (AvgIpc) is 2.77. The Hall–Kier alpha value is -1.32. The lowest BCUT2D eigenvalue weighted by molar-refractivity contribution is 0.564. The summed E-state index contributed by atoms with van der Waals surface area (Å²) in [6, 6.07) is 6.64. The first-order valence-electron chi connectivity index (χ1n) is 6.12. The van der Waals surface area contributed by atoms with E-state index < -0.39 is 0 Å². The first kappa shape index (κ1) is 13.1. The van der Waals surface area contributed by atoms with Crippen molar-refractivity contribution in [2.75, 3.05) is 0 Å². The van der Waals surface area contributed by atoms with Crippen LogP contribution in [-0.2, 0) is 13.1 Å². The van der Waals surface area contributed by atoms with E-state index in [0.29, 0.717) is 11.1 Å². The molecule has 0 atom stereocenters. The molecule has 0 fully saturated rings. The molecule has 3 nitrogen and oxygen atoms in total. The van der Waals surface area contributed by atoms with Gasteiger partial charge in [0.1, 0.15) is 0 Å². The molecule has 0 radical (unpaired) electrons. The number of rotatable bonds is 5. The number of nitrogens with one attached hydrogen (secondary N) is 1. The van der Waals surface area contributed by atoms with Crippen LogP contribution in [0.3, 0.4) is 0 Å². The minimum absolute atomic E-state index is 0.484. The van der Waals surface area contributed by atoms with Gasteiger partial charge in [-0.2, -0.15) is 0 Å². The van der Waals surface area contributed by atoms with Crippen molar-refractivity contribution in [2.45, 2.75) is 33.0 Å². The van der Waals surface area contributed by atoms with E-state index in [1.54, 1.807) is 12.4 Å².